The largest absolute Gasteiger partial charge is 0.0648 e. The first-order valence-electron chi connectivity index (χ1n) is 6.11. The van der Waals surface area contributed by atoms with Crippen molar-refractivity contribution in [3.05, 3.63) is 35.9 Å². The molecule has 0 fully saturated rings. The predicted octanol–water partition coefficient (Wildman–Crippen LogP) is 4.66. The van der Waals surface area contributed by atoms with E-state index in [-0.39, 0.29) is 0 Å². The van der Waals surface area contributed by atoms with Gasteiger partial charge in [-0.25, -0.2) is 0 Å². The van der Waals surface area contributed by atoms with E-state index in [1.165, 1.54) is 18.4 Å². The van der Waals surface area contributed by atoms with Gasteiger partial charge in [0.2, 0.25) is 0 Å². The molecule has 83 valence electrons. The topological polar surface area (TPSA) is 0 Å². The maximum Gasteiger partial charge on any atom is -0.0139 e. The first-order valence-corrected chi connectivity index (χ1v) is 6.11. The average Bonchev–Trinajstić information content (AvgIpc) is 2.19. The first-order chi connectivity index (χ1) is 7.15. The van der Waals surface area contributed by atoms with E-state index in [0.717, 1.165) is 11.8 Å². The van der Waals surface area contributed by atoms with E-state index in [1.807, 2.05) is 12.1 Å². The second-order valence-electron chi connectivity index (χ2n) is 4.95. The maximum absolute atomic E-state index is 3.09. The van der Waals surface area contributed by atoms with E-state index in [0.29, 0.717) is 5.92 Å². The Kier molecular flexibility index (Phi) is 4.87. The zero-order valence-electron chi connectivity index (χ0n) is 10.5. The molecule has 2 unspecified atom stereocenters. The molecule has 1 aromatic carbocycles. The summed E-state index contributed by atoms with van der Waals surface area (Å²) in [4.78, 5) is 0. The van der Waals surface area contributed by atoms with Gasteiger partial charge < -0.3 is 0 Å². The summed E-state index contributed by atoms with van der Waals surface area (Å²) < 4.78 is 0. The Morgan fingerprint density at radius 1 is 1.13 bits per heavy atom. The highest BCUT2D eigenvalue weighted by molar-refractivity contribution is 5.19. The lowest BCUT2D eigenvalue weighted by atomic mass is 9.81. The van der Waals surface area contributed by atoms with Gasteiger partial charge in [-0.05, 0) is 42.2 Å². The molecule has 0 amide bonds. The van der Waals surface area contributed by atoms with Crippen LogP contribution in [-0.2, 0) is 0 Å². The molecular formula is C15H23. The Hall–Kier alpha value is -0.780. The van der Waals surface area contributed by atoms with Crippen molar-refractivity contribution in [3.8, 4) is 0 Å². The van der Waals surface area contributed by atoms with E-state index < -0.39 is 0 Å². The minimum absolute atomic E-state index is 0.710. The van der Waals surface area contributed by atoms with Gasteiger partial charge in [0, 0.05) is 0 Å². The third-order valence-electron chi connectivity index (χ3n) is 3.14. The molecule has 0 saturated heterocycles. The van der Waals surface area contributed by atoms with Crippen molar-refractivity contribution in [1.82, 2.24) is 0 Å². The van der Waals surface area contributed by atoms with Gasteiger partial charge in [-0.1, -0.05) is 52.0 Å². The molecule has 1 rings (SSSR count). The van der Waals surface area contributed by atoms with Gasteiger partial charge in [-0.3, -0.25) is 0 Å². The molecule has 0 heteroatoms. The van der Waals surface area contributed by atoms with E-state index in [1.54, 1.807) is 0 Å². The molecule has 0 aliphatic carbocycles. The Morgan fingerprint density at radius 2 is 1.73 bits per heavy atom. The molecule has 0 N–H and O–H groups in total. The second-order valence-corrected chi connectivity index (χ2v) is 4.95. The fraction of sp³-hybridized carbons (Fsp3) is 0.600. The molecular weight excluding hydrogens is 180 g/mol. The maximum atomic E-state index is 3.09. The van der Waals surface area contributed by atoms with Gasteiger partial charge in [0.15, 0.2) is 0 Å². The smallest absolute Gasteiger partial charge is 0.0139 e. The summed E-state index contributed by atoms with van der Waals surface area (Å²) in [5.74, 6) is 2.28. The van der Waals surface area contributed by atoms with Gasteiger partial charge in [0.1, 0.15) is 0 Å². The minimum atomic E-state index is 0.710. The van der Waals surface area contributed by atoms with Crippen LogP contribution in [0.3, 0.4) is 0 Å². The van der Waals surface area contributed by atoms with Crippen LogP contribution in [0.5, 0.6) is 0 Å². The Morgan fingerprint density at radius 3 is 2.20 bits per heavy atom. The van der Waals surface area contributed by atoms with Gasteiger partial charge in [-0.2, -0.15) is 0 Å². The fourth-order valence-corrected chi connectivity index (χ4v) is 2.52. The van der Waals surface area contributed by atoms with E-state index in [9.17, 15) is 0 Å². The molecule has 0 heterocycles. The van der Waals surface area contributed by atoms with Crippen molar-refractivity contribution in [2.24, 2.45) is 11.8 Å². The van der Waals surface area contributed by atoms with Crippen LogP contribution in [-0.4, -0.2) is 0 Å². The monoisotopic (exact) mass is 203 g/mol. The van der Waals surface area contributed by atoms with Crippen LogP contribution >= 0.6 is 0 Å². The number of hydrogen-bond acceptors (Lipinski definition) is 0. The van der Waals surface area contributed by atoms with Crippen molar-refractivity contribution in [1.29, 1.82) is 0 Å². The molecule has 0 spiro atoms. The fourth-order valence-electron chi connectivity index (χ4n) is 2.52. The van der Waals surface area contributed by atoms with Gasteiger partial charge in [0.25, 0.3) is 0 Å². The number of hydrogen-bond donors (Lipinski definition) is 0. The third kappa shape index (κ3) is 3.70. The van der Waals surface area contributed by atoms with Crippen LogP contribution in [0.25, 0.3) is 0 Å². The highest BCUT2D eigenvalue weighted by Gasteiger charge is 2.17. The zero-order valence-corrected chi connectivity index (χ0v) is 10.5. The summed E-state index contributed by atoms with van der Waals surface area (Å²) in [5, 5.41) is 0. The molecule has 1 radical (unpaired) electrons. The molecule has 0 aliphatic heterocycles. The molecule has 0 aromatic heterocycles. The lowest BCUT2D eigenvalue weighted by Crippen LogP contribution is -2.11. The van der Waals surface area contributed by atoms with Crippen molar-refractivity contribution in [2.75, 3.05) is 0 Å². The summed E-state index contributed by atoms with van der Waals surface area (Å²) in [7, 11) is 0. The highest BCUT2D eigenvalue weighted by Crippen LogP contribution is 2.31. The molecule has 0 bridgehead atoms. The van der Waals surface area contributed by atoms with Crippen molar-refractivity contribution < 1.29 is 0 Å². The standard InChI is InChI=1S/C15H23/c1-5-15(13(4)11-12(2)3)14-9-7-6-8-10-14/h7-10,12-13,15H,5,11H2,1-4H3. The van der Waals surface area contributed by atoms with Crippen molar-refractivity contribution in [3.63, 3.8) is 0 Å². The summed E-state index contributed by atoms with van der Waals surface area (Å²) in [6.45, 7) is 9.28. The van der Waals surface area contributed by atoms with Gasteiger partial charge in [-0.15, -0.1) is 0 Å². The lowest BCUT2D eigenvalue weighted by Gasteiger charge is -2.24. The Balaban J connectivity index is 2.71. The first kappa shape index (κ1) is 12.3. The van der Waals surface area contributed by atoms with Gasteiger partial charge >= 0.3 is 0 Å². The minimum Gasteiger partial charge on any atom is -0.0648 e. The van der Waals surface area contributed by atoms with Gasteiger partial charge in [0.05, 0.1) is 0 Å². The van der Waals surface area contributed by atoms with E-state index in [4.69, 9.17) is 0 Å². The Labute approximate surface area is 94.7 Å². The van der Waals surface area contributed by atoms with Crippen LogP contribution < -0.4 is 0 Å². The SMILES string of the molecule is CCC(c1cc[c]cc1)C(C)CC(C)C. The summed E-state index contributed by atoms with van der Waals surface area (Å²) in [6.07, 6.45) is 2.55. The molecule has 15 heavy (non-hydrogen) atoms. The number of rotatable bonds is 5. The molecule has 0 saturated carbocycles. The highest BCUT2D eigenvalue weighted by atomic mass is 14.2. The van der Waals surface area contributed by atoms with Crippen LogP contribution in [0.15, 0.2) is 24.3 Å². The zero-order chi connectivity index (χ0) is 11.3. The summed E-state index contributed by atoms with van der Waals surface area (Å²) >= 11 is 0. The molecule has 0 aliphatic rings. The lowest BCUT2D eigenvalue weighted by molar-refractivity contribution is 0.366. The third-order valence-corrected chi connectivity index (χ3v) is 3.14. The quantitative estimate of drug-likeness (QED) is 0.652. The molecule has 0 nitrogen and oxygen atoms in total. The van der Waals surface area contributed by atoms with Crippen LogP contribution in [0.2, 0.25) is 0 Å². The summed E-state index contributed by atoms with van der Waals surface area (Å²) in [6, 6.07) is 11.6. The number of benzene rings is 1. The predicted molar refractivity (Wildman–Crippen MR) is 66.9 cm³/mol. The van der Waals surface area contributed by atoms with Crippen LogP contribution in [0, 0.1) is 17.9 Å². The molecule has 1 aromatic rings. The van der Waals surface area contributed by atoms with Crippen molar-refractivity contribution in [2.45, 2.75) is 46.5 Å². The van der Waals surface area contributed by atoms with Crippen LogP contribution in [0.1, 0.15) is 52.0 Å². The molecule has 2 atom stereocenters. The average molecular weight is 203 g/mol. The second kappa shape index (κ2) is 5.95. The van der Waals surface area contributed by atoms with E-state index in [2.05, 4.69) is 45.9 Å². The Bertz CT molecular complexity index is 261. The summed E-state index contributed by atoms with van der Waals surface area (Å²) in [5.41, 5.74) is 1.48. The normalized spacial score (nSPS) is 15.3. The van der Waals surface area contributed by atoms with Crippen molar-refractivity contribution >= 4 is 0 Å². The van der Waals surface area contributed by atoms with Crippen LogP contribution in [0.4, 0.5) is 0 Å². The van der Waals surface area contributed by atoms with E-state index >= 15 is 0 Å².